The largest absolute Gasteiger partial charge is 0.287 e. The molecule has 1 unspecified atom stereocenters. The molecule has 0 saturated heterocycles. The molecular formula is C9H6BrClN2S. The number of thiophene rings is 1. The molecule has 0 saturated carbocycles. The van der Waals surface area contributed by atoms with Gasteiger partial charge in [0.05, 0.1) is 12.6 Å². The first-order chi connectivity index (χ1) is 6.69. The predicted molar refractivity (Wildman–Crippen MR) is 62.2 cm³/mol. The Labute approximate surface area is 100 Å². The van der Waals surface area contributed by atoms with Crippen LogP contribution >= 0.6 is 38.9 Å². The van der Waals surface area contributed by atoms with E-state index in [0.29, 0.717) is 10.9 Å². The van der Waals surface area contributed by atoms with Crippen molar-refractivity contribution in [1.82, 2.24) is 5.32 Å². The van der Waals surface area contributed by atoms with Gasteiger partial charge in [0.1, 0.15) is 10.4 Å². The van der Waals surface area contributed by atoms with E-state index < -0.39 is 0 Å². The van der Waals surface area contributed by atoms with Crippen LogP contribution in [0.3, 0.4) is 0 Å². The van der Waals surface area contributed by atoms with E-state index in [1.807, 2.05) is 6.07 Å². The van der Waals surface area contributed by atoms with E-state index in [4.69, 9.17) is 23.3 Å². The molecule has 1 aromatic heterocycles. The molecule has 1 N–H and O–H groups in total. The Morgan fingerprint density at radius 1 is 1.79 bits per heavy atom. The van der Waals surface area contributed by atoms with Gasteiger partial charge in [0, 0.05) is 9.35 Å². The molecule has 2 nitrogen and oxygen atoms in total. The van der Waals surface area contributed by atoms with Crippen LogP contribution in [0.2, 0.25) is 4.34 Å². The number of halogens is 2. The molecule has 1 rings (SSSR count). The molecule has 1 aromatic rings. The zero-order valence-electron chi connectivity index (χ0n) is 7.05. The first kappa shape index (κ1) is 11.6. The van der Waals surface area contributed by atoms with Crippen LogP contribution < -0.4 is 5.32 Å². The van der Waals surface area contributed by atoms with Crippen molar-refractivity contribution in [2.24, 2.45) is 0 Å². The van der Waals surface area contributed by atoms with Gasteiger partial charge < -0.3 is 0 Å². The van der Waals surface area contributed by atoms with E-state index in [2.05, 4.69) is 33.2 Å². The minimum Gasteiger partial charge on any atom is -0.287 e. The van der Waals surface area contributed by atoms with Gasteiger partial charge in [-0.1, -0.05) is 17.5 Å². The zero-order chi connectivity index (χ0) is 10.6. The lowest BCUT2D eigenvalue weighted by atomic mass is 10.2. The number of rotatable bonds is 3. The topological polar surface area (TPSA) is 35.8 Å². The van der Waals surface area contributed by atoms with E-state index in [1.54, 1.807) is 0 Å². The van der Waals surface area contributed by atoms with Crippen LogP contribution in [0.5, 0.6) is 0 Å². The zero-order valence-corrected chi connectivity index (χ0v) is 10.2. The number of nitriles is 1. The van der Waals surface area contributed by atoms with Crippen molar-refractivity contribution in [2.75, 3.05) is 6.54 Å². The normalized spacial score (nSPS) is 11.7. The average molecular weight is 290 g/mol. The van der Waals surface area contributed by atoms with Crippen LogP contribution in [-0.2, 0) is 0 Å². The number of hydrogen-bond acceptors (Lipinski definition) is 3. The minimum absolute atomic E-state index is 0.366. The number of hydrogen-bond donors (Lipinski definition) is 1. The second kappa shape index (κ2) is 5.38. The lowest BCUT2D eigenvalue weighted by molar-refractivity contribution is 0.701. The van der Waals surface area contributed by atoms with Crippen LogP contribution in [0.1, 0.15) is 10.9 Å². The number of terminal acetylenes is 1. The van der Waals surface area contributed by atoms with Crippen molar-refractivity contribution in [1.29, 1.82) is 5.26 Å². The maximum Gasteiger partial charge on any atom is 0.131 e. The van der Waals surface area contributed by atoms with E-state index in [9.17, 15) is 0 Å². The quantitative estimate of drug-likeness (QED) is 0.869. The fraction of sp³-hybridized carbons (Fsp3) is 0.222. The molecule has 0 amide bonds. The van der Waals surface area contributed by atoms with Crippen molar-refractivity contribution in [3.8, 4) is 18.4 Å². The summed E-state index contributed by atoms with van der Waals surface area (Å²) in [5, 5.41) is 11.8. The van der Waals surface area contributed by atoms with Gasteiger partial charge in [-0.3, -0.25) is 5.32 Å². The summed E-state index contributed by atoms with van der Waals surface area (Å²) in [5.74, 6) is 2.42. The Kier molecular flexibility index (Phi) is 4.44. The van der Waals surface area contributed by atoms with Gasteiger partial charge in [-0.15, -0.1) is 17.8 Å². The van der Waals surface area contributed by atoms with Crippen molar-refractivity contribution >= 4 is 38.9 Å². The Balaban J connectivity index is 2.81. The number of nitrogens with one attached hydrogen (secondary N) is 1. The van der Waals surface area contributed by atoms with Gasteiger partial charge in [0.15, 0.2) is 0 Å². The molecule has 0 aliphatic rings. The first-order valence-corrected chi connectivity index (χ1v) is 5.69. The summed E-state index contributed by atoms with van der Waals surface area (Å²) in [7, 11) is 0. The van der Waals surface area contributed by atoms with E-state index in [1.165, 1.54) is 11.3 Å². The van der Waals surface area contributed by atoms with Gasteiger partial charge in [-0.2, -0.15) is 5.26 Å². The molecule has 14 heavy (non-hydrogen) atoms. The fourth-order valence-electron chi connectivity index (χ4n) is 0.876. The van der Waals surface area contributed by atoms with Crippen LogP contribution in [0.25, 0.3) is 0 Å². The van der Waals surface area contributed by atoms with Gasteiger partial charge in [-0.05, 0) is 22.0 Å². The maximum absolute atomic E-state index is 8.87. The highest BCUT2D eigenvalue weighted by Gasteiger charge is 2.14. The highest BCUT2D eigenvalue weighted by molar-refractivity contribution is 9.10. The Hall–Kier alpha value is -0.520. The third kappa shape index (κ3) is 2.73. The summed E-state index contributed by atoms with van der Waals surface area (Å²) in [4.78, 5) is 0.861. The lowest BCUT2D eigenvalue weighted by Gasteiger charge is -2.05. The standard InChI is InChI=1S/C9H6BrClN2S/c1-2-3-13-7(5-12)8-4-6(10)9(11)14-8/h1,4,7,13H,3H2. The smallest absolute Gasteiger partial charge is 0.131 e. The van der Waals surface area contributed by atoms with E-state index in [0.717, 1.165) is 9.35 Å². The fourth-order valence-corrected chi connectivity index (χ4v) is 2.63. The second-order valence-corrected chi connectivity index (χ2v) is 4.96. The second-order valence-electron chi connectivity index (χ2n) is 2.42. The predicted octanol–water partition coefficient (Wildman–Crippen LogP) is 2.95. The van der Waals surface area contributed by atoms with Crippen molar-refractivity contribution < 1.29 is 0 Å². The summed E-state index contributed by atoms with van der Waals surface area (Å²) in [6.07, 6.45) is 5.09. The van der Waals surface area contributed by atoms with Gasteiger partial charge in [-0.25, -0.2) is 0 Å². The third-order valence-corrected chi connectivity index (χ3v) is 4.03. The van der Waals surface area contributed by atoms with Crippen LogP contribution in [0, 0.1) is 23.7 Å². The molecule has 72 valence electrons. The summed E-state index contributed by atoms with van der Waals surface area (Å²) in [6, 6.07) is 3.55. The van der Waals surface area contributed by atoms with E-state index in [-0.39, 0.29) is 6.04 Å². The Morgan fingerprint density at radius 2 is 2.50 bits per heavy atom. The highest BCUT2D eigenvalue weighted by atomic mass is 79.9. The highest BCUT2D eigenvalue weighted by Crippen LogP contribution is 2.34. The van der Waals surface area contributed by atoms with Crippen LogP contribution in [-0.4, -0.2) is 6.54 Å². The SMILES string of the molecule is C#CCNC(C#N)c1cc(Br)c(Cl)s1. The Bertz CT molecular complexity index is 382. The van der Waals surface area contributed by atoms with E-state index >= 15 is 0 Å². The molecule has 0 bridgehead atoms. The van der Waals surface area contributed by atoms with Crippen LogP contribution in [0.4, 0.5) is 0 Å². The maximum atomic E-state index is 8.87. The molecule has 0 aromatic carbocycles. The monoisotopic (exact) mass is 288 g/mol. The van der Waals surface area contributed by atoms with Crippen molar-refractivity contribution in [2.45, 2.75) is 6.04 Å². The van der Waals surface area contributed by atoms with Gasteiger partial charge >= 0.3 is 0 Å². The lowest BCUT2D eigenvalue weighted by Crippen LogP contribution is -2.18. The summed E-state index contributed by atoms with van der Waals surface area (Å²) < 4.78 is 1.45. The minimum atomic E-state index is -0.389. The molecule has 0 aliphatic heterocycles. The molecule has 0 aliphatic carbocycles. The summed E-state index contributed by atoms with van der Waals surface area (Å²) in [5.41, 5.74) is 0. The molecule has 1 heterocycles. The number of nitrogens with zero attached hydrogens (tertiary/aromatic N) is 1. The van der Waals surface area contributed by atoms with Gasteiger partial charge in [0.25, 0.3) is 0 Å². The molecule has 1 atom stereocenters. The third-order valence-electron chi connectivity index (χ3n) is 1.49. The molecule has 0 radical (unpaired) electrons. The molecule has 0 fully saturated rings. The first-order valence-electron chi connectivity index (χ1n) is 3.70. The Morgan fingerprint density at radius 3 is 2.93 bits per heavy atom. The van der Waals surface area contributed by atoms with Crippen molar-refractivity contribution in [3.05, 3.63) is 19.8 Å². The summed E-state index contributed by atoms with van der Waals surface area (Å²) in [6.45, 7) is 0.366. The molecular weight excluding hydrogens is 284 g/mol. The van der Waals surface area contributed by atoms with Crippen LogP contribution in [0.15, 0.2) is 10.5 Å². The average Bonchev–Trinajstić information content (AvgIpc) is 2.48. The summed E-state index contributed by atoms with van der Waals surface area (Å²) >= 11 is 10.5. The molecule has 0 spiro atoms. The van der Waals surface area contributed by atoms with Crippen molar-refractivity contribution in [3.63, 3.8) is 0 Å². The van der Waals surface area contributed by atoms with Gasteiger partial charge in [0.2, 0.25) is 0 Å². The molecule has 5 heteroatoms.